The van der Waals surface area contributed by atoms with Gasteiger partial charge in [0.05, 0.1) is 0 Å². The predicted octanol–water partition coefficient (Wildman–Crippen LogP) is 5.44. The second kappa shape index (κ2) is 31.1. The summed E-state index contributed by atoms with van der Waals surface area (Å²) in [4.78, 5) is 13.3. The molecule has 0 N–H and O–H groups in total. The molecule has 3 nitrogen and oxygen atoms in total. The molecular weight excluding hydrogens is 413 g/mol. The Morgan fingerprint density at radius 1 is 0.471 bits per heavy atom. The number of aliphatic carboxylic acids is 1. The third-order valence-corrected chi connectivity index (χ3v) is 7.01. The van der Waals surface area contributed by atoms with E-state index in [1.54, 1.807) is 0 Å². The largest absolute Gasteiger partial charge is 1.00 e. The zero-order valence-electron chi connectivity index (χ0n) is 23.9. The molecule has 0 aromatic carbocycles. The molecule has 0 unspecified atom stereocenters. The molecule has 4 heteroatoms. The minimum Gasteiger partial charge on any atom is -0.550 e. The molecule has 0 saturated heterocycles. The van der Waals surface area contributed by atoms with Gasteiger partial charge in [-0.1, -0.05) is 136 Å². The van der Waals surface area contributed by atoms with Crippen molar-refractivity contribution in [1.29, 1.82) is 0 Å². The molecule has 0 spiro atoms. The molecule has 0 atom stereocenters. The first kappa shape index (κ1) is 36.2. The number of hydrogen-bond acceptors (Lipinski definition) is 3. The number of unbranched alkanes of at least 4 members (excludes halogenated alkanes) is 20. The van der Waals surface area contributed by atoms with Gasteiger partial charge in [0, 0.05) is 5.97 Å². The molecule has 0 heterocycles. The van der Waals surface area contributed by atoms with Gasteiger partial charge in [-0.2, -0.15) is 0 Å². The van der Waals surface area contributed by atoms with Gasteiger partial charge < -0.3 is 14.8 Å². The maximum atomic E-state index is 10.6. The van der Waals surface area contributed by atoms with E-state index in [1.165, 1.54) is 142 Å². The van der Waals surface area contributed by atoms with Gasteiger partial charge in [-0.05, 0) is 51.7 Å². The van der Waals surface area contributed by atoms with E-state index >= 15 is 0 Å². The Bertz CT molecular complexity index is 368. The summed E-state index contributed by atoms with van der Waals surface area (Å²) >= 11 is 0. The van der Waals surface area contributed by atoms with E-state index in [2.05, 4.69) is 18.7 Å². The monoisotopic (exact) mass is 473 g/mol. The summed E-state index contributed by atoms with van der Waals surface area (Å²) in [6.45, 7) is 8.17. The Kier molecular flexibility index (Phi) is 33.1. The van der Waals surface area contributed by atoms with Gasteiger partial charge in [0.1, 0.15) is 0 Å². The Morgan fingerprint density at radius 2 is 0.735 bits per heavy atom. The molecule has 0 aliphatic carbocycles. The smallest absolute Gasteiger partial charge is 0.550 e. The molecule has 0 saturated carbocycles. The minimum atomic E-state index is -0.900. The zero-order valence-corrected chi connectivity index (χ0v) is 23.9. The average molecular weight is 474 g/mol. The van der Waals surface area contributed by atoms with Crippen molar-refractivity contribution in [2.45, 2.75) is 168 Å². The van der Waals surface area contributed by atoms with Crippen molar-refractivity contribution in [3.63, 3.8) is 0 Å². The van der Waals surface area contributed by atoms with Crippen LogP contribution in [0.1, 0.15) is 168 Å². The molecular formula is C30H60LiNO2. The normalized spacial score (nSPS) is 11.1. The van der Waals surface area contributed by atoms with Crippen LogP contribution in [0.2, 0.25) is 0 Å². The van der Waals surface area contributed by atoms with E-state index < -0.39 is 5.97 Å². The summed E-state index contributed by atoms with van der Waals surface area (Å²) in [7, 11) is 0. The van der Waals surface area contributed by atoms with Crippen LogP contribution in [0, 0.1) is 0 Å². The Hall–Kier alpha value is 0.0274. The first-order valence-corrected chi connectivity index (χ1v) is 15.1. The molecule has 0 aromatic heterocycles. The van der Waals surface area contributed by atoms with Crippen molar-refractivity contribution in [1.82, 2.24) is 4.90 Å². The molecule has 0 amide bonds. The van der Waals surface area contributed by atoms with Gasteiger partial charge in [0.2, 0.25) is 0 Å². The second-order valence-electron chi connectivity index (χ2n) is 10.4. The number of nitrogens with zero attached hydrogens (tertiary/aromatic N) is 1. The van der Waals surface area contributed by atoms with Gasteiger partial charge in [0.25, 0.3) is 0 Å². The fourth-order valence-corrected chi connectivity index (χ4v) is 4.76. The predicted molar refractivity (Wildman–Crippen MR) is 144 cm³/mol. The Morgan fingerprint density at radius 3 is 1.03 bits per heavy atom. The quantitative estimate of drug-likeness (QED) is 0.112. The van der Waals surface area contributed by atoms with Gasteiger partial charge >= 0.3 is 18.9 Å². The van der Waals surface area contributed by atoms with Crippen LogP contribution in [0.3, 0.4) is 0 Å². The van der Waals surface area contributed by atoms with Gasteiger partial charge in [-0.3, -0.25) is 0 Å². The van der Waals surface area contributed by atoms with Crippen molar-refractivity contribution < 1.29 is 28.8 Å². The van der Waals surface area contributed by atoms with Crippen molar-refractivity contribution >= 4 is 5.97 Å². The Labute approximate surface area is 226 Å². The number of hydrogen-bond donors (Lipinski definition) is 0. The van der Waals surface area contributed by atoms with Gasteiger partial charge in [-0.25, -0.2) is 0 Å². The molecule has 0 radical (unpaired) electrons. The van der Waals surface area contributed by atoms with Crippen LogP contribution in [0.15, 0.2) is 0 Å². The summed E-state index contributed by atoms with van der Waals surface area (Å²) in [5.74, 6) is -0.900. The second-order valence-corrected chi connectivity index (χ2v) is 10.4. The summed E-state index contributed by atoms with van der Waals surface area (Å²) in [6, 6.07) is 0. The maximum absolute atomic E-state index is 10.6. The molecule has 34 heavy (non-hydrogen) atoms. The van der Waals surface area contributed by atoms with E-state index in [9.17, 15) is 9.90 Å². The average Bonchev–Trinajstić information content (AvgIpc) is 2.80. The fraction of sp³-hybridized carbons (Fsp3) is 0.967. The van der Waals surface area contributed by atoms with Crippen molar-refractivity contribution in [2.75, 3.05) is 19.6 Å². The molecule has 0 bridgehead atoms. The van der Waals surface area contributed by atoms with Gasteiger partial charge in [-0.15, -0.1) is 0 Å². The standard InChI is InChI=1S/C30H61NO2.Li/c1-3-5-7-9-11-13-15-17-19-23-27-31(29-25-21-22-26-30(32)33)28-24-20-18-16-14-12-10-8-6-4-2;/h3-29H2,1-2H3,(H,32,33);/q;+1/p-1. The number of rotatable bonds is 28. The molecule has 0 aliphatic rings. The first-order valence-electron chi connectivity index (χ1n) is 15.1. The van der Waals surface area contributed by atoms with Crippen LogP contribution in [0.25, 0.3) is 0 Å². The topological polar surface area (TPSA) is 43.4 Å². The van der Waals surface area contributed by atoms with E-state index in [-0.39, 0.29) is 25.3 Å². The van der Waals surface area contributed by atoms with Crippen LogP contribution in [0.4, 0.5) is 0 Å². The van der Waals surface area contributed by atoms with Crippen LogP contribution in [0.5, 0.6) is 0 Å². The molecule has 0 fully saturated rings. The van der Waals surface area contributed by atoms with E-state index in [0.717, 1.165) is 25.8 Å². The first-order chi connectivity index (χ1) is 16.2. The fourth-order valence-electron chi connectivity index (χ4n) is 4.76. The van der Waals surface area contributed by atoms with E-state index in [1.807, 2.05) is 0 Å². The number of carbonyl (C=O) groups is 1. The van der Waals surface area contributed by atoms with Gasteiger partial charge in [0.15, 0.2) is 0 Å². The van der Waals surface area contributed by atoms with Crippen molar-refractivity contribution in [2.24, 2.45) is 0 Å². The van der Waals surface area contributed by atoms with Crippen molar-refractivity contribution in [3.8, 4) is 0 Å². The third-order valence-electron chi connectivity index (χ3n) is 7.01. The third kappa shape index (κ3) is 30.1. The van der Waals surface area contributed by atoms with Crippen molar-refractivity contribution in [3.05, 3.63) is 0 Å². The summed E-state index contributed by atoms with van der Waals surface area (Å²) in [5, 5.41) is 10.6. The van der Waals surface area contributed by atoms with E-state index in [0.29, 0.717) is 0 Å². The number of carboxylic acids is 1. The molecule has 0 aromatic rings. The maximum Gasteiger partial charge on any atom is 1.00 e. The van der Waals surface area contributed by atoms with E-state index in [4.69, 9.17) is 0 Å². The Balaban J connectivity index is 0. The van der Waals surface area contributed by atoms with Crippen LogP contribution < -0.4 is 24.0 Å². The van der Waals surface area contributed by atoms with Crippen LogP contribution in [-0.4, -0.2) is 30.5 Å². The number of carboxylic acid groups (broad SMARTS) is 1. The SMILES string of the molecule is CCCCCCCCCCCCN(CCCCCCCCCCCC)CCCCCC(=O)[O-].[Li+]. The minimum absolute atomic E-state index is 0. The number of carbonyl (C=O) groups excluding carboxylic acids is 1. The van der Waals surface area contributed by atoms with Crippen LogP contribution >= 0.6 is 0 Å². The summed E-state index contributed by atoms with van der Waals surface area (Å²) in [6.07, 6.45) is 31.0. The molecule has 198 valence electrons. The summed E-state index contributed by atoms with van der Waals surface area (Å²) < 4.78 is 0. The summed E-state index contributed by atoms with van der Waals surface area (Å²) in [5.41, 5.74) is 0. The molecule has 0 aliphatic heterocycles. The van der Waals surface area contributed by atoms with Crippen LogP contribution in [-0.2, 0) is 4.79 Å². The zero-order chi connectivity index (χ0) is 24.2. The molecule has 0 rings (SSSR count).